The van der Waals surface area contributed by atoms with Gasteiger partial charge in [-0.3, -0.25) is 0 Å². The summed E-state index contributed by atoms with van der Waals surface area (Å²) in [6, 6.07) is 4.24. The van der Waals surface area contributed by atoms with Crippen LogP contribution >= 0.6 is 11.6 Å². The zero-order chi connectivity index (χ0) is 15.4. The van der Waals surface area contributed by atoms with Crippen LogP contribution in [-0.2, 0) is 6.42 Å². The maximum absolute atomic E-state index is 11.5. The quantitative estimate of drug-likeness (QED) is 0.897. The van der Waals surface area contributed by atoms with E-state index in [1.165, 1.54) is 0 Å². The summed E-state index contributed by atoms with van der Waals surface area (Å²) in [4.78, 5) is 13.1. The number of nitrogens with zero attached hydrogens (tertiary/aromatic N) is 1. The SMILES string of the molecule is Cc1cc(CCN(C(=O)O)C2CCNCC2)cc(C)c1Cl. The van der Waals surface area contributed by atoms with Gasteiger partial charge in [-0.1, -0.05) is 23.7 Å². The average molecular weight is 311 g/mol. The molecule has 1 aromatic carbocycles. The smallest absolute Gasteiger partial charge is 0.407 e. The van der Waals surface area contributed by atoms with E-state index in [0.29, 0.717) is 6.54 Å². The van der Waals surface area contributed by atoms with E-state index < -0.39 is 6.09 Å². The van der Waals surface area contributed by atoms with Crippen LogP contribution in [0.4, 0.5) is 4.79 Å². The predicted molar refractivity (Wildman–Crippen MR) is 85.3 cm³/mol. The molecule has 1 aliphatic rings. The van der Waals surface area contributed by atoms with Crippen LogP contribution in [0.5, 0.6) is 0 Å². The van der Waals surface area contributed by atoms with Crippen molar-refractivity contribution < 1.29 is 9.90 Å². The first-order valence-corrected chi connectivity index (χ1v) is 7.82. The fourth-order valence-electron chi connectivity index (χ4n) is 2.98. The van der Waals surface area contributed by atoms with E-state index in [1.54, 1.807) is 4.90 Å². The Morgan fingerprint density at radius 1 is 1.33 bits per heavy atom. The Bertz CT molecular complexity index is 490. The highest BCUT2D eigenvalue weighted by Gasteiger charge is 2.24. The van der Waals surface area contributed by atoms with Gasteiger partial charge >= 0.3 is 6.09 Å². The van der Waals surface area contributed by atoms with Gasteiger partial charge in [-0.2, -0.15) is 0 Å². The lowest BCUT2D eigenvalue weighted by Gasteiger charge is -2.32. The van der Waals surface area contributed by atoms with Gasteiger partial charge in [0.15, 0.2) is 0 Å². The van der Waals surface area contributed by atoms with Crippen molar-refractivity contribution in [1.82, 2.24) is 10.2 Å². The first-order chi connectivity index (χ1) is 9.99. The molecule has 1 saturated heterocycles. The van der Waals surface area contributed by atoms with Crippen LogP contribution < -0.4 is 5.32 Å². The molecule has 1 aliphatic heterocycles. The number of amides is 1. The van der Waals surface area contributed by atoms with Crippen LogP contribution in [-0.4, -0.2) is 41.8 Å². The number of benzene rings is 1. The molecule has 1 amide bonds. The Hall–Kier alpha value is -1.26. The number of aryl methyl sites for hydroxylation is 2. The molecule has 5 heteroatoms. The number of rotatable bonds is 4. The minimum Gasteiger partial charge on any atom is -0.465 e. The lowest BCUT2D eigenvalue weighted by molar-refractivity contribution is 0.114. The normalized spacial score (nSPS) is 16.0. The van der Waals surface area contributed by atoms with Crippen molar-refractivity contribution in [3.8, 4) is 0 Å². The summed E-state index contributed by atoms with van der Waals surface area (Å²) in [5.41, 5.74) is 3.25. The number of carboxylic acid groups (broad SMARTS) is 1. The maximum atomic E-state index is 11.5. The maximum Gasteiger partial charge on any atom is 0.407 e. The fourth-order valence-corrected chi connectivity index (χ4v) is 3.09. The average Bonchev–Trinajstić information content (AvgIpc) is 2.45. The molecule has 0 aliphatic carbocycles. The van der Waals surface area contributed by atoms with Gasteiger partial charge in [0.2, 0.25) is 0 Å². The predicted octanol–water partition coefficient (Wildman–Crippen LogP) is 3.23. The lowest BCUT2D eigenvalue weighted by atomic mass is 10.0. The Morgan fingerprint density at radius 3 is 2.43 bits per heavy atom. The highest BCUT2D eigenvalue weighted by Crippen LogP contribution is 2.22. The van der Waals surface area contributed by atoms with Crippen molar-refractivity contribution >= 4 is 17.7 Å². The Balaban J connectivity index is 2.03. The summed E-state index contributed by atoms with van der Waals surface area (Å²) in [5, 5.41) is 13.5. The highest BCUT2D eigenvalue weighted by atomic mass is 35.5. The first kappa shape index (κ1) is 16.1. The van der Waals surface area contributed by atoms with E-state index in [0.717, 1.165) is 54.1 Å². The van der Waals surface area contributed by atoms with Crippen molar-refractivity contribution in [2.75, 3.05) is 19.6 Å². The third-order valence-electron chi connectivity index (χ3n) is 4.13. The molecule has 116 valence electrons. The Kier molecular flexibility index (Phi) is 5.48. The molecule has 0 unspecified atom stereocenters. The highest BCUT2D eigenvalue weighted by molar-refractivity contribution is 6.32. The number of carbonyl (C=O) groups is 1. The molecule has 0 aromatic heterocycles. The van der Waals surface area contributed by atoms with Crippen molar-refractivity contribution in [2.24, 2.45) is 0 Å². The number of hydrogen-bond donors (Lipinski definition) is 2. The zero-order valence-electron chi connectivity index (χ0n) is 12.7. The second-order valence-corrected chi connectivity index (χ2v) is 6.13. The van der Waals surface area contributed by atoms with Crippen LogP contribution in [0.3, 0.4) is 0 Å². The fraction of sp³-hybridized carbons (Fsp3) is 0.562. The number of piperidine rings is 1. The molecule has 0 atom stereocenters. The molecule has 0 radical (unpaired) electrons. The summed E-state index contributed by atoms with van der Waals surface area (Å²) in [6.45, 7) is 6.31. The molecule has 2 rings (SSSR count). The molecule has 1 heterocycles. The zero-order valence-corrected chi connectivity index (χ0v) is 13.4. The number of nitrogens with one attached hydrogen (secondary N) is 1. The molecule has 0 bridgehead atoms. The van der Waals surface area contributed by atoms with Crippen molar-refractivity contribution in [3.63, 3.8) is 0 Å². The first-order valence-electron chi connectivity index (χ1n) is 7.45. The van der Waals surface area contributed by atoms with Gasteiger partial charge in [-0.25, -0.2) is 4.79 Å². The van der Waals surface area contributed by atoms with E-state index in [-0.39, 0.29) is 6.04 Å². The number of halogens is 1. The molecule has 0 saturated carbocycles. The second kappa shape index (κ2) is 7.14. The van der Waals surface area contributed by atoms with E-state index in [9.17, 15) is 9.90 Å². The lowest BCUT2D eigenvalue weighted by Crippen LogP contribution is -2.46. The Labute approximate surface area is 131 Å². The van der Waals surface area contributed by atoms with E-state index in [2.05, 4.69) is 17.4 Å². The van der Waals surface area contributed by atoms with Gasteiger partial charge in [0.1, 0.15) is 0 Å². The van der Waals surface area contributed by atoms with E-state index in [4.69, 9.17) is 11.6 Å². The standard InChI is InChI=1S/C16H23ClN2O2/c1-11-9-13(10-12(2)15(11)17)5-8-19(16(20)21)14-3-6-18-7-4-14/h9-10,14,18H,3-8H2,1-2H3,(H,20,21). The van der Waals surface area contributed by atoms with Crippen molar-refractivity contribution in [2.45, 2.75) is 39.2 Å². The largest absolute Gasteiger partial charge is 0.465 e. The monoisotopic (exact) mass is 310 g/mol. The van der Waals surface area contributed by atoms with Gasteiger partial charge in [0.05, 0.1) is 0 Å². The van der Waals surface area contributed by atoms with Crippen molar-refractivity contribution in [3.05, 3.63) is 33.8 Å². The van der Waals surface area contributed by atoms with Crippen LogP contribution in [0.15, 0.2) is 12.1 Å². The molecule has 0 spiro atoms. The summed E-state index contributed by atoms with van der Waals surface area (Å²) >= 11 is 6.17. The molecular weight excluding hydrogens is 288 g/mol. The van der Waals surface area contributed by atoms with E-state index in [1.807, 2.05) is 13.8 Å². The summed E-state index contributed by atoms with van der Waals surface area (Å²) in [7, 11) is 0. The van der Waals surface area contributed by atoms with Crippen LogP contribution in [0, 0.1) is 13.8 Å². The molecule has 1 aromatic rings. The summed E-state index contributed by atoms with van der Waals surface area (Å²) in [5.74, 6) is 0. The van der Waals surface area contributed by atoms with Gasteiger partial charge in [0.25, 0.3) is 0 Å². The third kappa shape index (κ3) is 4.11. The van der Waals surface area contributed by atoms with Gasteiger partial charge < -0.3 is 15.3 Å². The second-order valence-electron chi connectivity index (χ2n) is 5.75. The van der Waals surface area contributed by atoms with Crippen LogP contribution in [0.1, 0.15) is 29.5 Å². The summed E-state index contributed by atoms with van der Waals surface area (Å²) in [6.07, 6.45) is 1.70. The van der Waals surface area contributed by atoms with Crippen molar-refractivity contribution in [1.29, 1.82) is 0 Å². The molecule has 1 fully saturated rings. The van der Waals surface area contributed by atoms with Crippen LogP contribution in [0.25, 0.3) is 0 Å². The number of hydrogen-bond acceptors (Lipinski definition) is 2. The van der Waals surface area contributed by atoms with Gasteiger partial charge in [-0.05, 0) is 62.9 Å². The minimum atomic E-state index is -0.815. The van der Waals surface area contributed by atoms with Gasteiger partial charge in [-0.15, -0.1) is 0 Å². The van der Waals surface area contributed by atoms with Gasteiger partial charge in [0, 0.05) is 17.6 Å². The molecule has 2 N–H and O–H groups in total. The topological polar surface area (TPSA) is 52.6 Å². The Morgan fingerprint density at radius 2 is 1.90 bits per heavy atom. The van der Waals surface area contributed by atoms with Crippen LogP contribution in [0.2, 0.25) is 5.02 Å². The summed E-state index contributed by atoms with van der Waals surface area (Å²) < 4.78 is 0. The molecule has 4 nitrogen and oxygen atoms in total. The third-order valence-corrected chi connectivity index (χ3v) is 4.73. The molecule has 21 heavy (non-hydrogen) atoms. The minimum absolute atomic E-state index is 0.137. The molecular formula is C16H23ClN2O2. The van der Waals surface area contributed by atoms with E-state index >= 15 is 0 Å².